The summed E-state index contributed by atoms with van der Waals surface area (Å²) in [6.45, 7) is 8.65. The maximum absolute atomic E-state index is 11.4. The molecule has 0 fully saturated rings. The topological polar surface area (TPSA) is 41.1 Å². The van der Waals surface area contributed by atoms with Gasteiger partial charge in [-0.05, 0) is 40.7 Å². The van der Waals surface area contributed by atoms with Gasteiger partial charge >= 0.3 is 0 Å². The molecule has 0 aliphatic heterocycles. The number of carbonyl (C=O) groups is 1. The van der Waals surface area contributed by atoms with Crippen molar-refractivity contribution in [3.63, 3.8) is 0 Å². The van der Waals surface area contributed by atoms with Crippen molar-refractivity contribution in [2.45, 2.75) is 46.2 Å². The standard InChI is InChI=1S/C11H22N2O/c1-5-6-7-8-12-10(4)11(14)13-9(2)3/h5-6,9-10,12H,7-8H2,1-4H3,(H,13,14)/b6-5+. The summed E-state index contributed by atoms with van der Waals surface area (Å²) in [5.41, 5.74) is 0. The quantitative estimate of drug-likeness (QED) is 0.501. The van der Waals surface area contributed by atoms with Gasteiger partial charge in [0.25, 0.3) is 0 Å². The summed E-state index contributed by atoms with van der Waals surface area (Å²) in [6.07, 6.45) is 5.07. The Morgan fingerprint density at radius 1 is 1.36 bits per heavy atom. The zero-order valence-corrected chi connectivity index (χ0v) is 9.63. The minimum absolute atomic E-state index is 0.0699. The molecule has 0 aromatic carbocycles. The summed E-state index contributed by atoms with van der Waals surface area (Å²) >= 11 is 0. The van der Waals surface area contributed by atoms with E-state index in [1.165, 1.54) is 0 Å². The van der Waals surface area contributed by atoms with Gasteiger partial charge in [-0.3, -0.25) is 4.79 Å². The maximum atomic E-state index is 11.4. The smallest absolute Gasteiger partial charge is 0.237 e. The van der Waals surface area contributed by atoms with E-state index in [1.807, 2.05) is 33.8 Å². The molecular weight excluding hydrogens is 176 g/mol. The highest BCUT2D eigenvalue weighted by atomic mass is 16.2. The van der Waals surface area contributed by atoms with Gasteiger partial charge in [-0.15, -0.1) is 0 Å². The minimum Gasteiger partial charge on any atom is -0.353 e. The van der Waals surface area contributed by atoms with Crippen molar-refractivity contribution in [3.05, 3.63) is 12.2 Å². The van der Waals surface area contributed by atoms with Gasteiger partial charge in [0.15, 0.2) is 0 Å². The molecular formula is C11H22N2O. The van der Waals surface area contributed by atoms with E-state index in [1.54, 1.807) is 0 Å². The largest absolute Gasteiger partial charge is 0.353 e. The Morgan fingerprint density at radius 2 is 2.00 bits per heavy atom. The minimum atomic E-state index is -0.109. The first-order chi connectivity index (χ1) is 6.57. The lowest BCUT2D eigenvalue weighted by Gasteiger charge is -2.15. The van der Waals surface area contributed by atoms with E-state index in [-0.39, 0.29) is 18.0 Å². The summed E-state index contributed by atoms with van der Waals surface area (Å²) < 4.78 is 0. The van der Waals surface area contributed by atoms with Crippen molar-refractivity contribution >= 4 is 5.91 Å². The predicted octanol–water partition coefficient (Wildman–Crippen LogP) is 1.46. The highest BCUT2D eigenvalue weighted by Crippen LogP contribution is 1.87. The lowest BCUT2D eigenvalue weighted by atomic mass is 10.2. The van der Waals surface area contributed by atoms with E-state index in [4.69, 9.17) is 0 Å². The summed E-state index contributed by atoms with van der Waals surface area (Å²) in [4.78, 5) is 11.4. The predicted molar refractivity (Wildman–Crippen MR) is 60.2 cm³/mol. The third kappa shape index (κ3) is 6.66. The van der Waals surface area contributed by atoms with Gasteiger partial charge in [0, 0.05) is 6.04 Å². The van der Waals surface area contributed by atoms with Crippen LogP contribution in [0.5, 0.6) is 0 Å². The third-order valence-corrected chi connectivity index (χ3v) is 1.82. The highest BCUT2D eigenvalue weighted by molar-refractivity contribution is 5.81. The van der Waals surface area contributed by atoms with Crippen LogP contribution in [0, 0.1) is 0 Å². The summed E-state index contributed by atoms with van der Waals surface area (Å²) in [6, 6.07) is 0.102. The Bertz CT molecular complexity index is 188. The highest BCUT2D eigenvalue weighted by Gasteiger charge is 2.11. The molecule has 2 N–H and O–H groups in total. The number of nitrogens with one attached hydrogen (secondary N) is 2. The van der Waals surface area contributed by atoms with Crippen molar-refractivity contribution in [3.8, 4) is 0 Å². The van der Waals surface area contributed by atoms with E-state index in [9.17, 15) is 4.79 Å². The monoisotopic (exact) mass is 198 g/mol. The summed E-state index contributed by atoms with van der Waals surface area (Å²) in [7, 11) is 0. The van der Waals surface area contributed by atoms with E-state index in [0.29, 0.717) is 0 Å². The Hall–Kier alpha value is -0.830. The Labute approximate surface area is 87.0 Å². The number of amides is 1. The fourth-order valence-corrected chi connectivity index (χ4v) is 1.05. The number of rotatable bonds is 6. The molecule has 0 spiro atoms. The molecule has 0 aliphatic rings. The SMILES string of the molecule is C/C=C/CCNC(C)C(=O)NC(C)C. The Balaban J connectivity index is 3.62. The second-order valence-electron chi connectivity index (χ2n) is 3.70. The average molecular weight is 198 g/mol. The van der Waals surface area contributed by atoms with E-state index >= 15 is 0 Å². The second kappa shape index (κ2) is 7.56. The molecule has 1 unspecified atom stereocenters. The zero-order valence-electron chi connectivity index (χ0n) is 9.63. The molecule has 0 heterocycles. The Kier molecular flexibility index (Phi) is 7.11. The number of hydrogen-bond acceptors (Lipinski definition) is 2. The van der Waals surface area contributed by atoms with Gasteiger partial charge < -0.3 is 10.6 Å². The van der Waals surface area contributed by atoms with Crippen LogP contribution in [0.4, 0.5) is 0 Å². The normalized spacial score (nSPS) is 13.5. The fourth-order valence-electron chi connectivity index (χ4n) is 1.05. The van der Waals surface area contributed by atoms with Crippen LogP contribution in [0.3, 0.4) is 0 Å². The van der Waals surface area contributed by atoms with Crippen LogP contribution in [0.2, 0.25) is 0 Å². The van der Waals surface area contributed by atoms with Gasteiger partial charge in [0.05, 0.1) is 6.04 Å². The average Bonchev–Trinajstić information content (AvgIpc) is 2.11. The van der Waals surface area contributed by atoms with Crippen LogP contribution in [0.25, 0.3) is 0 Å². The number of carbonyl (C=O) groups excluding carboxylic acids is 1. The summed E-state index contributed by atoms with van der Waals surface area (Å²) in [5.74, 6) is 0.0699. The molecule has 0 aromatic heterocycles. The first kappa shape index (κ1) is 13.2. The van der Waals surface area contributed by atoms with Gasteiger partial charge in [0.1, 0.15) is 0 Å². The van der Waals surface area contributed by atoms with Gasteiger partial charge in [-0.1, -0.05) is 12.2 Å². The molecule has 3 nitrogen and oxygen atoms in total. The van der Waals surface area contributed by atoms with E-state index in [2.05, 4.69) is 16.7 Å². The van der Waals surface area contributed by atoms with Crippen LogP contribution in [-0.2, 0) is 4.79 Å². The molecule has 0 saturated heterocycles. The van der Waals surface area contributed by atoms with Crippen molar-refractivity contribution in [1.82, 2.24) is 10.6 Å². The first-order valence-electron chi connectivity index (χ1n) is 5.22. The Morgan fingerprint density at radius 3 is 2.50 bits per heavy atom. The zero-order chi connectivity index (χ0) is 11.0. The lowest BCUT2D eigenvalue weighted by molar-refractivity contribution is -0.123. The number of hydrogen-bond donors (Lipinski definition) is 2. The molecule has 3 heteroatoms. The molecule has 82 valence electrons. The molecule has 0 aromatic rings. The maximum Gasteiger partial charge on any atom is 0.237 e. The molecule has 0 rings (SSSR count). The summed E-state index contributed by atoms with van der Waals surface area (Å²) in [5, 5.41) is 6.02. The third-order valence-electron chi connectivity index (χ3n) is 1.82. The second-order valence-corrected chi connectivity index (χ2v) is 3.70. The van der Waals surface area contributed by atoms with Crippen LogP contribution >= 0.6 is 0 Å². The van der Waals surface area contributed by atoms with Crippen molar-refractivity contribution < 1.29 is 4.79 Å². The van der Waals surface area contributed by atoms with E-state index < -0.39 is 0 Å². The molecule has 0 bridgehead atoms. The van der Waals surface area contributed by atoms with Crippen molar-refractivity contribution in [2.24, 2.45) is 0 Å². The van der Waals surface area contributed by atoms with Crippen LogP contribution < -0.4 is 10.6 Å². The molecule has 14 heavy (non-hydrogen) atoms. The first-order valence-corrected chi connectivity index (χ1v) is 5.22. The molecule has 0 radical (unpaired) electrons. The molecule has 0 aliphatic carbocycles. The van der Waals surface area contributed by atoms with Gasteiger partial charge in [-0.2, -0.15) is 0 Å². The van der Waals surface area contributed by atoms with E-state index in [0.717, 1.165) is 13.0 Å². The molecule has 0 saturated carbocycles. The van der Waals surface area contributed by atoms with Crippen LogP contribution in [-0.4, -0.2) is 24.5 Å². The van der Waals surface area contributed by atoms with Crippen molar-refractivity contribution in [1.29, 1.82) is 0 Å². The molecule has 1 atom stereocenters. The van der Waals surface area contributed by atoms with Crippen molar-refractivity contribution in [2.75, 3.05) is 6.54 Å². The lowest BCUT2D eigenvalue weighted by Crippen LogP contribution is -2.44. The molecule has 1 amide bonds. The van der Waals surface area contributed by atoms with Crippen LogP contribution in [0.1, 0.15) is 34.1 Å². The fraction of sp³-hybridized carbons (Fsp3) is 0.727. The number of allylic oxidation sites excluding steroid dienone is 1. The van der Waals surface area contributed by atoms with Gasteiger partial charge in [-0.25, -0.2) is 0 Å². The van der Waals surface area contributed by atoms with Gasteiger partial charge in [0.2, 0.25) is 5.91 Å². The van der Waals surface area contributed by atoms with Crippen LogP contribution in [0.15, 0.2) is 12.2 Å².